The van der Waals surface area contributed by atoms with Gasteiger partial charge in [-0.1, -0.05) is 412 Å². The van der Waals surface area contributed by atoms with Crippen LogP contribution < -0.4 is 0 Å². The van der Waals surface area contributed by atoms with E-state index in [4.69, 9.17) is 14.2 Å². The van der Waals surface area contributed by atoms with Gasteiger partial charge in [-0.25, -0.2) is 0 Å². The highest BCUT2D eigenvalue weighted by Crippen LogP contribution is 2.20. The van der Waals surface area contributed by atoms with Gasteiger partial charge in [0.1, 0.15) is 13.2 Å². The smallest absolute Gasteiger partial charge is 0.306 e. The highest BCUT2D eigenvalue weighted by molar-refractivity contribution is 5.71. The molecule has 0 aliphatic heterocycles. The topological polar surface area (TPSA) is 78.9 Å². The van der Waals surface area contributed by atoms with Crippen molar-refractivity contribution in [2.24, 2.45) is 0 Å². The third-order valence-electron chi connectivity index (χ3n) is 17.9. The first-order valence-corrected chi connectivity index (χ1v) is 38.0. The quantitative estimate of drug-likeness (QED) is 0.0343. The van der Waals surface area contributed by atoms with Crippen LogP contribution in [0, 0.1) is 0 Å². The molecular formula is C76H148O6. The fraction of sp³-hybridized carbons (Fsp3) is 0.961. The maximum absolute atomic E-state index is 12.9. The number of rotatable bonds is 72. The first kappa shape index (κ1) is 80.4. The Morgan fingerprint density at radius 1 is 0.195 bits per heavy atom. The summed E-state index contributed by atoms with van der Waals surface area (Å²) in [4.78, 5) is 38.4. The van der Waals surface area contributed by atoms with Crippen molar-refractivity contribution in [3.8, 4) is 0 Å². The zero-order chi connectivity index (χ0) is 59.2. The Labute approximate surface area is 514 Å². The van der Waals surface area contributed by atoms with E-state index >= 15 is 0 Å². The van der Waals surface area contributed by atoms with E-state index in [1.54, 1.807) is 0 Å². The van der Waals surface area contributed by atoms with Crippen molar-refractivity contribution in [3.05, 3.63) is 0 Å². The fourth-order valence-corrected chi connectivity index (χ4v) is 12.2. The van der Waals surface area contributed by atoms with Crippen LogP contribution in [0.2, 0.25) is 0 Å². The molecule has 6 nitrogen and oxygen atoms in total. The first-order valence-electron chi connectivity index (χ1n) is 38.0. The summed E-state index contributed by atoms with van der Waals surface area (Å²) in [7, 11) is 0. The Morgan fingerprint density at radius 3 is 0.488 bits per heavy atom. The Bertz CT molecular complexity index is 1240. The molecule has 0 bridgehead atoms. The average Bonchev–Trinajstić information content (AvgIpc) is 3.47. The van der Waals surface area contributed by atoms with Gasteiger partial charge < -0.3 is 14.2 Å². The summed E-state index contributed by atoms with van der Waals surface area (Å²) in [6.07, 6.45) is 86.0. The van der Waals surface area contributed by atoms with Crippen LogP contribution in [0.4, 0.5) is 0 Å². The number of ether oxygens (including phenoxy) is 3. The van der Waals surface area contributed by atoms with Crippen molar-refractivity contribution in [3.63, 3.8) is 0 Å². The molecule has 0 heterocycles. The zero-order valence-electron chi connectivity index (χ0n) is 56.3. The largest absolute Gasteiger partial charge is 0.462 e. The fourth-order valence-electron chi connectivity index (χ4n) is 12.2. The summed E-state index contributed by atoms with van der Waals surface area (Å²) in [5, 5.41) is 0. The van der Waals surface area contributed by atoms with Gasteiger partial charge in [0.25, 0.3) is 0 Å². The Morgan fingerprint density at radius 2 is 0.329 bits per heavy atom. The minimum Gasteiger partial charge on any atom is -0.462 e. The Kier molecular flexibility index (Phi) is 70.5. The molecule has 0 fully saturated rings. The van der Waals surface area contributed by atoms with Crippen molar-refractivity contribution in [2.75, 3.05) is 13.2 Å². The van der Waals surface area contributed by atoms with Crippen molar-refractivity contribution in [2.45, 2.75) is 457 Å². The van der Waals surface area contributed by atoms with Gasteiger partial charge >= 0.3 is 17.9 Å². The zero-order valence-corrected chi connectivity index (χ0v) is 56.3. The summed E-state index contributed by atoms with van der Waals surface area (Å²) < 4.78 is 17.0. The maximum atomic E-state index is 12.9. The van der Waals surface area contributed by atoms with Gasteiger partial charge in [0.05, 0.1) is 0 Å². The van der Waals surface area contributed by atoms with Gasteiger partial charge in [0, 0.05) is 19.3 Å². The van der Waals surface area contributed by atoms with E-state index < -0.39 is 6.10 Å². The van der Waals surface area contributed by atoms with E-state index in [-0.39, 0.29) is 31.1 Å². The van der Waals surface area contributed by atoms with Crippen molar-refractivity contribution >= 4 is 17.9 Å². The molecule has 1 unspecified atom stereocenters. The summed E-state index contributed by atoms with van der Waals surface area (Å²) in [6.45, 7) is 6.74. The molecule has 0 aromatic carbocycles. The number of esters is 3. The highest BCUT2D eigenvalue weighted by Gasteiger charge is 2.20. The van der Waals surface area contributed by atoms with E-state index in [2.05, 4.69) is 20.8 Å². The lowest BCUT2D eigenvalue weighted by atomic mass is 10.0. The monoisotopic (exact) mass is 1160 g/mol. The van der Waals surface area contributed by atoms with E-state index in [0.717, 1.165) is 57.8 Å². The predicted molar refractivity (Wildman–Crippen MR) is 358 cm³/mol. The summed E-state index contributed by atoms with van der Waals surface area (Å²) in [5.74, 6) is -0.820. The number of carbonyl (C=O) groups is 3. The molecule has 488 valence electrons. The molecule has 82 heavy (non-hydrogen) atoms. The molecule has 0 aliphatic rings. The van der Waals surface area contributed by atoms with Crippen LogP contribution in [-0.2, 0) is 28.6 Å². The molecular weight excluding hydrogens is 1010 g/mol. The SMILES string of the molecule is CCCCCCCCCCCCCCCCCCCCCCCCCCCCCCCCCCCCC(=O)OCC(COC(=O)CCCCCCCCCCCCCC)OC(=O)CCCCCCCCCCCCCCCCCCCC. The van der Waals surface area contributed by atoms with Crippen molar-refractivity contribution in [1.29, 1.82) is 0 Å². The summed E-state index contributed by atoms with van der Waals surface area (Å²) >= 11 is 0. The van der Waals surface area contributed by atoms with Crippen LogP contribution >= 0.6 is 0 Å². The molecule has 0 aromatic rings. The standard InChI is InChI=1S/C76H148O6/c1-4-7-10-13-16-19-22-25-27-29-31-32-33-34-35-36-37-38-39-40-41-42-43-44-45-46-48-49-51-54-57-60-63-66-69-75(78)81-72-73(71-80-74(77)68-65-62-59-56-53-24-21-18-15-12-9-6-3)82-76(79)70-67-64-61-58-55-52-50-47-30-28-26-23-20-17-14-11-8-5-2/h73H,4-72H2,1-3H3. The molecule has 0 rings (SSSR count). The van der Waals surface area contributed by atoms with Crippen LogP contribution in [0.5, 0.6) is 0 Å². The lowest BCUT2D eigenvalue weighted by Crippen LogP contribution is -2.30. The van der Waals surface area contributed by atoms with E-state index in [0.29, 0.717) is 19.3 Å². The van der Waals surface area contributed by atoms with Crippen molar-refractivity contribution < 1.29 is 28.6 Å². The minimum absolute atomic E-state index is 0.0603. The number of carbonyl (C=O) groups excluding carboxylic acids is 3. The number of unbranched alkanes of at least 4 members (excludes halogenated alkanes) is 61. The van der Waals surface area contributed by atoms with Crippen LogP contribution in [0.3, 0.4) is 0 Å². The number of hydrogen-bond acceptors (Lipinski definition) is 6. The third-order valence-corrected chi connectivity index (χ3v) is 17.9. The molecule has 0 spiro atoms. The van der Waals surface area contributed by atoms with Gasteiger partial charge in [0.15, 0.2) is 6.10 Å². The first-order chi connectivity index (χ1) is 40.5. The second kappa shape index (κ2) is 71.9. The van der Waals surface area contributed by atoms with Gasteiger partial charge in [-0.05, 0) is 19.3 Å². The lowest BCUT2D eigenvalue weighted by molar-refractivity contribution is -0.167. The molecule has 1 atom stereocenters. The van der Waals surface area contributed by atoms with Crippen LogP contribution in [0.15, 0.2) is 0 Å². The van der Waals surface area contributed by atoms with Gasteiger partial charge in [0.2, 0.25) is 0 Å². The Balaban J connectivity index is 4.03. The van der Waals surface area contributed by atoms with Gasteiger partial charge in [-0.2, -0.15) is 0 Å². The van der Waals surface area contributed by atoms with E-state index in [9.17, 15) is 14.4 Å². The van der Waals surface area contributed by atoms with Crippen molar-refractivity contribution in [1.82, 2.24) is 0 Å². The number of hydrogen-bond donors (Lipinski definition) is 0. The average molecular weight is 1160 g/mol. The molecule has 0 saturated carbocycles. The van der Waals surface area contributed by atoms with Gasteiger partial charge in [-0.3, -0.25) is 14.4 Å². The normalized spacial score (nSPS) is 11.9. The van der Waals surface area contributed by atoms with Crippen LogP contribution in [-0.4, -0.2) is 37.2 Å². The summed E-state index contributed by atoms with van der Waals surface area (Å²) in [6, 6.07) is 0. The highest BCUT2D eigenvalue weighted by atomic mass is 16.6. The van der Waals surface area contributed by atoms with Crippen LogP contribution in [0.1, 0.15) is 451 Å². The van der Waals surface area contributed by atoms with E-state index in [1.165, 1.54) is 353 Å². The second-order valence-electron chi connectivity index (χ2n) is 26.3. The summed E-state index contributed by atoms with van der Waals surface area (Å²) in [5.41, 5.74) is 0. The molecule has 0 amide bonds. The third kappa shape index (κ3) is 69.2. The molecule has 6 heteroatoms. The Hall–Kier alpha value is -1.59. The molecule has 0 aliphatic carbocycles. The lowest BCUT2D eigenvalue weighted by Gasteiger charge is -2.18. The van der Waals surface area contributed by atoms with Crippen LogP contribution in [0.25, 0.3) is 0 Å². The molecule has 0 radical (unpaired) electrons. The minimum atomic E-state index is -0.763. The van der Waals surface area contributed by atoms with Gasteiger partial charge in [-0.15, -0.1) is 0 Å². The van der Waals surface area contributed by atoms with E-state index in [1.807, 2.05) is 0 Å². The predicted octanol–water partition coefficient (Wildman–Crippen LogP) is 26.2. The second-order valence-corrected chi connectivity index (χ2v) is 26.3. The molecule has 0 N–H and O–H groups in total. The molecule has 0 aromatic heterocycles. The maximum Gasteiger partial charge on any atom is 0.306 e. The molecule has 0 saturated heterocycles.